The van der Waals surface area contributed by atoms with E-state index in [1.807, 2.05) is 0 Å². The van der Waals surface area contributed by atoms with Crippen LogP contribution in [0.5, 0.6) is 0 Å². The largest absolute Gasteiger partial charge is 0.204 e. The Hall–Kier alpha value is -1.32. The number of halogens is 4. The Balaban J connectivity index is 2.42. The lowest BCUT2D eigenvalue weighted by Crippen LogP contribution is -1.97. The second kappa shape index (κ2) is 3.68. The summed E-state index contributed by atoms with van der Waals surface area (Å²) >= 11 is 0. The number of hydrogen-bond donors (Lipinski definition) is 0. The molecule has 1 aliphatic carbocycles. The minimum absolute atomic E-state index is 0.207. The van der Waals surface area contributed by atoms with Crippen LogP contribution in [0.4, 0.5) is 17.6 Å². The molecule has 2 rings (SSSR count). The zero-order valence-electron chi connectivity index (χ0n) is 7.74. The van der Waals surface area contributed by atoms with Crippen LogP contribution in [0.15, 0.2) is 12.1 Å². The maximum absolute atomic E-state index is 13.1. The van der Waals surface area contributed by atoms with Crippen LogP contribution >= 0.6 is 0 Å². The first-order valence-electron chi connectivity index (χ1n) is 4.61. The van der Waals surface area contributed by atoms with Crippen molar-refractivity contribution in [3.63, 3.8) is 0 Å². The predicted molar refractivity (Wildman–Crippen MR) is 48.0 cm³/mol. The quantitative estimate of drug-likeness (QED) is 0.522. The highest BCUT2D eigenvalue weighted by Crippen LogP contribution is 2.31. The van der Waals surface area contributed by atoms with Gasteiger partial charge in [-0.25, -0.2) is 17.6 Å². The molecule has 0 aliphatic heterocycles. The molecule has 0 aromatic heterocycles. The molecule has 0 N–H and O–H groups in total. The maximum atomic E-state index is 13.1. The van der Waals surface area contributed by atoms with Gasteiger partial charge in [0.05, 0.1) is 5.56 Å². The first kappa shape index (κ1) is 10.2. The number of allylic oxidation sites excluding steroid dienone is 1. The third kappa shape index (κ3) is 2.03. The molecule has 1 aliphatic rings. The summed E-state index contributed by atoms with van der Waals surface area (Å²) in [6.45, 7) is 0. The van der Waals surface area contributed by atoms with Crippen molar-refractivity contribution in [1.82, 2.24) is 0 Å². The van der Waals surface area contributed by atoms with E-state index in [2.05, 4.69) is 0 Å². The van der Waals surface area contributed by atoms with E-state index in [9.17, 15) is 17.6 Å². The van der Waals surface area contributed by atoms with Crippen molar-refractivity contribution in [2.45, 2.75) is 12.8 Å². The molecule has 0 atom stereocenters. The zero-order chi connectivity index (χ0) is 11.0. The van der Waals surface area contributed by atoms with Crippen molar-refractivity contribution in [1.29, 1.82) is 0 Å². The molecule has 1 aromatic rings. The Morgan fingerprint density at radius 2 is 1.53 bits per heavy atom. The lowest BCUT2D eigenvalue weighted by atomic mass is 10.1. The van der Waals surface area contributed by atoms with E-state index < -0.39 is 28.8 Å². The summed E-state index contributed by atoms with van der Waals surface area (Å²) in [7, 11) is 0. The van der Waals surface area contributed by atoms with E-state index in [4.69, 9.17) is 0 Å². The summed E-state index contributed by atoms with van der Waals surface area (Å²) in [5.41, 5.74) is -0.639. The molecule has 4 heteroatoms. The molecule has 1 aromatic carbocycles. The molecule has 15 heavy (non-hydrogen) atoms. The average molecular weight is 216 g/mol. The molecule has 0 unspecified atom stereocenters. The van der Waals surface area contributed by atoms with Crippen molar-refractivity contribution < 1.29 is 17.6 Å². The summed E-state index contributed by atoms with van der Waals surface area (Å²) in [6, 6.07) is 0.207. The standard InChI is InChI=1S/C11H8F4/c12-8-5-9(13)11(15)7(10(8)14)4-3-6-1-2-6/h3-6H,1-2H2. The van der Waals surface area contributed by atoms with Crippen LogP contribution in [0.25, 0.3) is 6.08 Å². The number of hydrogen-bond acceptors (Lipinski definition) is 0. The summed E-state index contributed by atoms with van der Waals surface area (Å²) in [4.78, 5) is 0. The number of rotatable bonds is 2. The molecular formula is C11H8F4. The van der Waals surface area contributed by atoms with Gasteiger partial charge in [-0.1, -0.05) is 12.2 Å². The molecule has 0 amide bonds. The fraction of sp³-hybridized carbons (Fsp3) is 0.273. The molecular weight excluding hydrogens is 208 g/mol. The Bertz CT molecular complexity index is 393. The van der Waals surface area contributed by atoms with Crippen LogP contribution < -0.4 is 0 Å². The predicted octanol–water partition coefficient (Wildman–Crippen LogP) is 3.67. The van der Waals surface area contributed by atoms with Gasteiger partial charge in [0, 0.05) is 6.07 Å². The molecule has 0 saturated heterocycles. The van der Waals surface area contributed by atoms with Gasteiger partial charge in [-0.3, -0.25) is 0 Å². The van der Waals surface area contributed by atoms with Gasteiger partial charge >= 0.3 is 0 Å². The topological polar surface area (TPSA) is 0 Å². The molecule has 1 saturated carbocycles. The van der Waals surface area contributed by atoms with Crippen LogP contribution in [0.2, 0.25) is 0 Å². The molecule has 0 nitrogen and oxygen atoms in total. The van der Waals surface area contributed by atoms with E-state index in [1.54, 1.807) is 6.08 Å². The third-order valence-corrected chi connectivity index (χ3v) is 2.30. The maximum Gasteiger partial charge on any atom is 0.169 e. The Kier molecular flexibility index (Phi) is 2.50. The third-order valence-electron chi connectivity index (χ3n) is 2.30. The zero-order valence-corrected chi connectivity index (χ0v) is 7.74. The highest BCUT2D eigenvalue weighted by atomic mass is 19.2. The van der Waals surface area contributed by atoms with Crippen LogP contribution in [0.1, 0.15) is 18.4 Å². The highest BCUT2D eigenvalue weighted by Gasteiger charge is 2.20. The Morgan fingerprint density at radius 3 is 2.00 bits per heavy atom. The first-order valence-corrected chi connectivity index (χ1v) is 4.61. The van der Waals surface area contributed by atoms with Crippen molar-refractivity contribution in [3.05, 3.63) is 41.0 Å². The van der Waals surface area contributed by atoms with Gasteiger partial charge in [0.25, 0.3) is 0 Å². The minimum atomic E-state index is -1.37. The van der Waals surface area contributed by atoms with Gasteiger partial charge < -0.3 is 0 Å². The van der Waals surface area contributed by atoms with Crippen LogP contribution in [-0.4, -0.2) is 0 Å². The van der Waals surface area contributed by atoms with E-state index >= 15 is 0 Å². The van der Waals surface area contributed by atoms with Crippen LogP contribution in [0.3, 0.4) is 0 Å². The molecule has 0 spiro atoms. The molecule has 0 radical (unpaired) electrons. The van der Waals surface area contributed by atoms with Crippen molar-refractivity contribution in [2.75, 3.05) is 0 Å². The second-order valence-corrected chi connectivity index (χ2v) is 3.58. The summed E-state index contributed by atoms with van der Waals surface area (Å²) in [5.74, 6) is -5.14. The fourth-order valence-electron chi connectivity index (χ4n) is 1.26. The van der Waals surface area contributed by atoms with E-state index in [0.29, 0.717) is 0 Å². The minimum Gasteiger partial charge on any atom is -0.204 e. The lowest BCUT2D eigenvalue weighted by molar-refractivity contribution is 0.451. The summed E-state index contributed by atoms with van der Waals surface area (Å²) in [6.07, 6.45) is 4.59. The summed E-state index contributed by atoms with van der Waals surface area (Å²) in [5, 5.41) is 0. The molecule has 0 heterocycles. The van der Waals surface area contributed by atoms with Gasteiger partial charge in [0.15, 0.2) is 23.3 Å². The van der Waals surface area contributed by atoms with E-state index in [-0.39, 0.29) is 12.0 Å². The monoisotopic (exact) mass is 216 g/mol. The smallest absolute Gasteiger partial charge is 0.169 e. The van der Waals surface area contributed by atoms with Gasteiger partial charge in [-0.15, -0.1) is 0 Å². The number of benzene rings is 1. The van der Waals surface area contributed by atoms with Crippen molar-refractivity contribution in [3.8, 4) is 0 Å². The SMILES string of the molecule is Fc1cc(F)c(F)c(C=CC2CC2)c1F. The Labute approximate surface area is 84.2 Å². The van der Waals surface area contributed by atoms with Crippen molar-refractivity contribution in [2.24, 2.45) is 5.92 Å². The van der Waals surface area contributed by atoms with E-state index in [1.165, 1.54) is 0 Å². The lowest BCUT2D eigenvalue weighted by Gasteiger charge is -2.01. The molecule has 0 bridgehead atoms. The van der Waals surface area contributed by atoms with Gasteiger partial charge in [-0.05, 0) is 18.8 Å². The van der Waals surface area contributed by atoms with Gasteiger partial charge in [0.1, 0.15) is 0 Å². The van der Waals surface area contributed by atoms with Crippen LogP contribution in [-0.2, 0) is 0 Å². The fourth-order valence-corrected chi connectivity index (χ4v) is 1.26. The van der Waals surface area contributed by atoms with E-state index in [0.717, 1.165) is 18.9 Å². The van der Waals surface area contributed by atoms with Crippen molar-refractivity contribution >= 4 is 6.08 Å². The normalized spacial score (nSPS) is 16.3. The second-order valence-electron chi connectivity index (χ2n) is 3.58. The summed E-state index contributed by atoms with van der Waals surface area (Å²) < 4.78 is 51.6. The van der Waals surface area contributed by atoms with Crippen LogP contribution in [0, 0.1) is 29.2 Å². The average Bonchev–Trinajstić information content (AvgIpc) is 2.99. The Morgan fingerprint density at radius 1 is 1.00 bits per heavy atom. The first-order chi connectivity index (χ1) is 7.09. The van der Waals surface area contributed by atoms with Gasteiger partial charge in [-0.2, -0.15) is 0 Å². The highest BCUT2D eigenvalue weighted by molar-refractivity contribution is 5.52. The molecule has 80 valence electrons. The van der Waals surface area contributed by atoms with Gasteiger partial charge in [0.2, 0.25) is 0 Å². The molecule has 1 fully saturated rings.